The van der Waals surface area contributed by atoms with E-state index in [1.54, 1.807) is 24.3 Å². The third kappa shape index (κ3) is 4.45. The second-order valence-corrected chi connectivity index (χ2v) is 4.77. The quantitative estimate of drug-likeness (QED) is 0.739. The molecule has 0 atom stereocenters. The van der Waals surface area contributed by atoms with E-state index in [-0.39, 0.29) is 18.0 Å². The summed E-state index contributed by atoms with van der Waals surface area (Å²) in [5.74, 6) is -0.0263. The van der Waals surface area contributed by atoms with Gasteiger partial charge in [-0.25, -0.2) is 0 Å². The van der Waals surface area contributed by atoms with Gasteiger partial charge in [-0.1, -0.05) is 11.6 Å². The van der Waals surface area contributed by atoms with E-state index < -0.39 is 0 Å². The van der Waals surface area contributed by atoms with Crippen molar-refractivity contribution in [1.82, 2.24) is 0 Å². The second-order valence-electron chi connectivity index (χ2n) is 4.33. The maximum atomic E-state index is 11.6. The number of carbonyl (C=O) groups is 1. The standard InChI is InChI=1S/C12H15ClO2/c1-12(2,3)15-8-11(14)9-4-6-10(13)7-5-9/h4-7H,8H2,1-3H3. The summed E-state index contributed by atoms with van der Waals surface area (Å²) in [6.45, 7) is 5.86. The monoisotopic (exact) mass is 226 g/mol. The Kier molecular flexibility index (Phi) is 3.89. The molecule has 0 unspecified atom stereocenters. The molecule has 0 aliphatic heterocycles. The van der Waals surface area contributed by atoms with Gasteiger partial charge in [0, 0.05) is 10.6 Å². The van der Waals surface area contributed by atoms with Gasteiger partial charge in [-0.3, -0.25) is 4.79 Å². The summed E-state index contributed by atoms with van der Waals surface area (Å²) in [5, 5.41) is 0.628. The van der Waals surface area contributed by atoms with Gasteiger partial charge < -0.3 is 4.74 Å². The predicted molar refractivity (Wildman–Crippen MR) is 61.5 cm³/mol. The zero-order valence-corrected chi connectivity index (χ0v) is 9.97. The number of ketones is 1. The molecular weight excluding hydrogens is 212 g/mol. The van der Waals surface area contributed by atoms with Crippen LogP contribution >= 0.6 is 11.6 Å². The van der Waals surface area contributed by atoms with Gasteiger partial charge in [-0.05, 0) is 45.0 Å². The minimum Gasteiger partial charge on any atom is -0.368 e. The number of benzene rings is 1. The van der Waals surface area contributed by atoms with Gasteiger partial charge in [0.1, 0.15) is 6.61 Å². The molecule has 2 nitrogen and oxygen atoms in total. The molecule has 0 spiro atoms. The van der Waals surface area contributed by atoms with Crippen LogP contribution in [0.25, 0.3) is 0 Å². The van der Waals surface area contributed by atoms with Crippen LogP contribution in [0.2, 0.25) is 5.02 Å². The first-order valence-corrected chi connectivity index (χ1v) is 5.19. The predicted octanol–water partition coefficient (Wildman–Crippen LogP) is 3.34. The van der Waals surface area contributed by atoms with Gasteiger partial charge in [0.05, 0.1) is 5.60 Å². The molecule has 1 aromatic rings. The zero-order chi connectivity index (χ0) is 11.5. The summed E-state index contributed by atoms with van der Waals surface area (Å²) in [6, 6.07) is 6.81. The fraction of sp³-hybridized carbons (Fsp3) is 0.417. The second kappa shape index (κ2) is 4.77. The molecule has 0 aliphatic carbocycles. The molecule has 15 heavy (non-hydrogen) atoms. The Hall–Kier alpha value is -0.860. The minimum atomic E-state index is -0.290. The highest BCUT2D eigenvalue weighted by Gasteiger charge is 2.13. The molecule has 0 bridgehead atoms. The number of halogens is 1. The SMILES string of the molecule is CC(C)(C)OCC(=O)c1ccc(Cl)cc1. The average molecular weight is 227 g/mol. The number of carbonyl (C=O) groups excluding carboxylic acids is 1. The maximum absolute atomic E-state index is 11.6. The average Bonchev–Trinajstić information content (AvgIpc) is 2.14. The van der Waals surface area contributed by atoms with Crippen molar-refractivity contribution in [3.8, 4) is 0 Å². The van der Waals surface area contributed by atoms with E-state index in [0.717, 1.165) is 0 Å². The lowest BCUT2D eigenvalue weighted by atomic mass is 10.1. The first-order valence-electron chi connectivity index (χ1n) is 4.81. The van der Waals surface area contributed by atoms with Crippen LogP contribution in [0.3, 0.4) is 0 Å². The normalized spacial score (nSPS) is 11.5. The Morgan fingerprint density at radius 2 is 1.80 bits per heavy atom. The Bertz CT molecular complexity index is 336. The van der Waals surface area contributed by atoms with E-state index in [9.17, 15) is 4.79 Å². The largest absolute Gasteiger partial charge is 0.368 e. The Balaban J connectivity index is 2.58. The van der Waals surface area contributed by atoms with Gasteiger partial charge in [-0.15, -0.1) is 0 Å². The summed E-state index contributed by atoms with van der Waals surface area (Å²) in [7, 11) is 0. The van der Waals surface area contributed by atoms with Crippen LogP contribution in [0.15, 0.2) is 24.3 Å². The van der Waals surface area contributed by atoms with Crippen molar-refractivity contribution < 1.29 is 9.53 Å². The third-order valence-electron chi connectivity index (χ3n) is 1.80. The van der Waals surface area contributed by atoms with E-state index in [4.69, 9.17) is 16.3 Å². The van der Waals surface area contributed by atoms with Crippen molar-refractivity contribution in [2.24, 2.45) is 0 Å². The fourth-order valence-electron chi connectivity index (χ4n) is 1.00. The van der Waals surface area contributed by atoms with Crippen LogP contribution in [0.5, 0.6) is 0 Å². The number of rotatable bonds is 3. The van der Waals surface area contributed by atoms with E-state index in [2.05, 4.69) is 0 Å². The molecular formula is C12H15ClO2. The number of Topliss-reactive ketones (excluding diaryl/α,β-unsaturated/α-hetero) is 1. The minimum absolute atomic E-state index is 0.0263. The molecule has 0 saturated heterocycles. The molecule has 0 saturated carbocycles. The van der Waals surface area contributed by atoms with Crippen LogP contribution in [-0.4, -0.2) is 18.0 Å². The molecule has 0 radical (unpaired) electrons. The van der Waals surface area contributed by atoms with Crippen molar-refractivity contribution in [1.29, 1.82) is 0 Å². The Morgan fingerprint density at radius 3 is 2.27 bits per heavy atom. The molecule has 1 rings (SSSR count). The maximum Gasteiger partial charge on any atom is 0.188 e. The van der Waals surface area contributed by atoms with Crippen molar-refractivity contribution in [2.75, 3.05) is 6.61 Å². The highest BCUT2D eigenvalue weighted by molar-refractivity contribution is 6.30. The highest BCUT2D eigenvalue weighted by Crippen LogP contribution is 2.12. The molecule has 1 aromatic carbocycles. The summed E-state index contributed by atoms with van der Waals surface area (Å²) in [6.07, 6.45) is 0. The molecule has 0 aliphatic rings. The van der Waals surface area contributed by atoms with E-state index in [1.807, 2.05) is 20.8 Å². The first-order chi connectivity index (χ1) is 6.88. The van der Waals surface area contributed by atoms with Crippen molar-refractivity contribution in [2.45, 2.75) is 26.4 Å². The van der Waals surface area contributed by atoms with Gasteiger partial charge in [0.25, 0.3) is 0 Å². The van der Waals surface area contributed by atoms with E-state index >= 15 is 0 Å². The number of hydrogen-bond acceptors (Lipinski definition) is 2. The fourth-order valence-corrected chi connectivity index (χ4v) is 1.13. The molecule has 0 fully saturated rings. The van der Waals surface area contributed by atoms with Crippen LogP contribution in [0, 0.1) is 0 Å². The number of ether oxygens (including phenoxy) is 1. The molecule has 0 N–H and O–H groups in total. The summed E-state index contributed by atoms with van der Waals surface area (Å²) < 4.78 is 5.39. The van der Waals surface area contributed by atoms with E-state index in [1.165, 1.54) is 0 Å². The molecule has 3 heteroatoms. The topological polar surface area (TPSA) is 26.3 Å². The zero-order valence-electron chi connectivity index (χ0n) is 9.21. The lowest BCUT2D eigenvalue weighted by molar-refractivity contribution is 0.00306. The van der Waals surface area contributed by atoms with Crippen LogP contribution in [-0.2, 0) is 4.74 Å². The van der Waals surface area contributed by atoms with Gasteiger partial charge in [0.15, 0.2) is 5.78 Å². The number of hydrogen-bond donors (Lipinski definition) is 0. The lowest BCUT2D eigenvalue weighted by Crippen LogP contribution is -2.23. The van der Waals surface area contributed by atoms with Crippen LogP contribution in [0.1, 0.15) is 31.1 Å². The summed E-state index contributed by atoms with van der Waals surface area (Å²) in [4.78, 5) is 11.6. The van der Waals surface area contributed by atoms with Crippen LogP contribution < -0.4 is 0 Å². The Labute approximate surface area is 95.2 Å². The molecule has 0 aromatic heterocycles. The molecule has 0 amide bonds. The van der Waals surface area contributed by atoms with Crippen LogP contribution in [0.4, 0.5) is 0 Å². The van der Waals surface area contributed by atoms with Crippen molar-refractivity contribution in [3.63, 3.8) is 0 Å². The van der Waals surface area contributed by atoms with Gasteiger partial charge >= 0.3 is 0 Å². The third-order valence-corrected chi connectivity index (χ3v) is 2.05. The lowest BCUT2D eigenvalue weighted by Gasteiger charge is -2.18. The van der Waals surface area contributed by atoms with E-state index in [0.29, 0.717) is 10.6 Å². The van der Waals surface area contributed by atoms with Gasteiger partial charge in [-0.2, -0.15) is 0 Å². The van der Waals surface area contributed by atoms with Crippen molar-refractivity contribution in [3.05, 3.63) is 34.9 Å². The highest BCUT2D eigenvalue weighted by atomic mass is 35.5. The van der Waals surface area contributed by atoms with Gasteiger partial charge in [0.2, 0.25) is 0 Å². The Morgan fingerprint density at radius 1 is 1.27 bits per heavy atom. The first kappa shape index (κ1) is 12.2. The smallest absolute Gasteiger partial charge is 0.188 e. The molecule has 0 heterocycles. The van der Waals surface area contributed by atoms with Crippen molar-refractivity contribution >= 4 is 17.4 Å². The molecule has 82 valence electrons. The summed E-state index contributed by atoms with van der Waals surface area (Å²) >= 11 is 5.72. The summed E-state index contributed by atoms with van der Waals surface area (Å²) in [5.41, 5.74) is 0.339.